The number of thiazole rings is 1. The monoisotopic (exact) mass is 306 g/mol. The first-order chi connectivity index (χ1) is 10.1. The third kappa shape index (κ3) is 2.54. The molecule has 0 aliphatic carbocycles. The predicted octanol–water partition coefficient (Wildman–Crippen LogP) is 1.23. The van der Waals surface area contributed by atoms with Gasteiger partial charge >= 0.3 is 5.97 Å². The van der Waals surface area contributed by atoms with Gasteiger partial charge in [-0.1, -0.05) is 0 Å². The van der Waals surface area contributed by atoms with Crippen molar-refractivity contribution < 1.29 is 14.7 Å². The van der Waals surface area contributed by atoms with Crippen molar-refractivity contribution >= 4 is 23.2 Å². The highest BCUT2D eigenvalue weighted by Gasteiger charge is 2.35. The van der Waals surface area contributed by atoms with Crippen LogP contribution >= 0.6 is 11.3 Å². The molecule has 7 nitrogen and oxygen atoms in total. The summed E-state index contributed by atoms with van der Waals surface area (Å²) in [6, 6.07) is -0.735. The molecule has 1 aliphatic heterocycles. The quantitative estimate of drug-likeness (QED) is 0.921. The first-order valence-corrected chi connectivity index (χ1v) is 7.42. The number of hydrogen-bond donors (Lipinski definition) is 1. The van der Waals surface area contributed by atoms with E-state index in [4.69, 9.17) is 5.11 Å². The first-order valence-electron chi connectivity index (χ1n) is 6.54. The summed E-state index contributed by atoms with van der Waals surface area (Å²) in [5.41, 5.74) is 1.14. The molecule has 8 heteroatoms. The van der Waals surface area contributed by atoms with Crippen molar-refractivity contribution in [3.8, 4) is 10.6 Å². The van der Waals surface area contributed by atoms with Gasteiger partial charge in [-0.05, 0) is 12.8 Å². The number of carbonyl (C=O) groups excluding carboxylic acids is 1. The van der Waals surface area contributed by atoms with E-state index in [-0.39, 0.29) is 5.91 Å². The standard InChI is InChI=1S/C13H14N4O3S/c1-16-6-8(5-14-16)11-15-9(7-21-11)12(18)17-4-2-3-10(17)13(19)20/h5-7,10H,2-4H2,1H3,(H,19,20)/t10-/m0/s1. The second kappa shape index (κ2) is 5.28. The molecule has 3 rings (SSSR count). The lowest BCUT2D eigenvalue weighted by molar-refractivity contribution is -0.141. The zero-order chi connectivity index (χ0) is 15.0. The molecule has 110 valence electrons. The Morgan fingerprint density at radius 3 is 2.95 bits per heavy atom. The van der Waals surface area contributed by atoms with Crippen molar-refractivity contribution in [2.45, 2.75) is 18.9 Å². The Morgan fingerprint density at radius 1 is 1.48 bits per heavy atom. The number of carboxylic acids is 1. The molecule has 1 fully saturated rings. The lowest BCUT2D eigenvalue weighted by atomic mass is 10.2. The zero-order valence-electron chi connectivity index (χ0n) is 11.4. The van der Waals surface area contributed by atoms with E-state index in [1.807, 2.05) is 13.2 Å². The predicted molar refractivity (Wildman–Crippen MR) is 76.0 cm³/mol. The number of hydrogen-bond acceptors (Lipinski definition) is 5. The van der Waals surface area contributed by atoms with E-state index in [1.54, 1.807) is 16.3 Å². The fraction of sp³-hybridized carbons (Fsp3) is 0.385. The highest BCUT2D eigenvalue weighted by molar-refractivity contribution is 7.13. The Bertz CT molecular complexity index is 693. The summed E-state index contributed by atoms with van der Waals surface area (Å²) in [6.45, 7) is 0.468. The highest BCUT2D eigenvalue weighted by atomic mass is 32.1. The molecule has 0 spiro atoms. The normalized spacial score (nSPS) is 18.1. The average Bonchev–Trinajstić information content (AvgIpc) is 3.17. The molecular formula is C13H14N4O3S. The van der Waals surface area contributed by atoms with Crippen molar-refractivity contribution in [1.82, 2.24) is 19.7 Å². The van der Waals surface area contributed by atoms with Gasteiger partial charge in [-0.15, -0.1) is 11.3 Å². The second-order valence-electron chi connectivity index (χ2n) is 4.94. The van der Waals surface area contributed by atoms with Crippen LogP contribution in [0.25, 0.3) is 10.6 Å². The third-order valence-corrected chi connectivity index (χ3v) is 4.37. The van der Waals surface area contributed by atoms with Crippen molar-refractivity contribution in [2.75, 3.05) is 6.54 Å². The lowest BCUT2D eigenvalue weighted by Gasteiger charge is -2.20. The van der Waals surface area contributed by atoms with Crippen LogP contribution in [0.3, 0.4) is 0 Å². The van der Waals surface area contributed by atoms with Crippen LogP contribution in [0.1, 0.15) is 23.3 Å². The topological polar surface area (TPSA) is 88.3 Å². The van der Waals surface area contributed by atoms with E-state index in [9.17, 15) is 9.59 Å². The number of amides is 1. The molecule has 2 aromatic heterocycles. The van der Waals surface area contributed by atoms with E-state index in [0.29, 0.717) is 30.1 Å². The molecule has 0 saturated carbocycles. The molecule has 3 heterocycles. The van der Waals surface area contributed by atoms with E-state index < -0.39 is 12.0 Å². The molecule has 0 radical (unpaired) electrons. The maximum Gasteiger partial charge on any atom is 0.326 e. The van der Waals surface area contributed by atoms with Gasteiger partial charge in [0.1, 0.15) is 16.7 Å². The molecule has 0 aromatic carbocycles. The van der Waals surface area contributed by atoms with Crippen molar-refractivity contribution in [1.29, 1.82) is 0 Å². The van der Waals surface area contributed by atoms with E-state index in [0.717, 1.165) is 5.56 Å². The minimum atomic E-state index is -0.955. The van der Waals surface area contributed by atoms with Crippen LogP contribution in [-0.4, -0.2) is 49.2 Å². The first kappa shape index (κ1) is 13.7. The van der Waals surface area contributed by atoms with Crippen LogP contribution in [-0.2, 0) is 11.8 Å². The molecular weight excluding hydrogens is 292 g/mol. The maximum atomic E-state index is 12.4. The minimum Gasteiger partial charge on any atom is -0.480 e. The van der Waals surface area contributed by atoms with Gasteiger partial charge in [0.25, 0.3) is 5.91 Å². The van der Waals surface area contributed by atoms with Gasteiger partial charge in [0.15, 0.2) is 0 Å². The molecule has 0 bridgehead atoms. The van der Waals surface area contributed by atoms with Gasteiger partial charge in [0.05, 0.1) is 6.20 Å². The summed E-state index contributed by atoms with van der Waals surface area (Å²) in [5, 5.41) is 15.6. The number of aromatic nitrogens is 3. The summed E-state index contributed by atoms with van der Waals surface area (Å²) in [6.07, 6.45) is 4.72. The van der Waals surface area contributed by atoms with Gasteiger partial charge in [-0.2, -0.15) is 5.10 Å². The van der Waals surface area contributed by atoms with Crippen molar-refractivity contribution in [3.63, 3.8) is 0 Å². The van der Waals surface area contributed by atoms with Gasteiger partial charge in [0.2, 0.25) is 0 Å². The van der Waals surface area contributed by atoms with Crippen LogP contribution < -0.4 is 0 Å². The smallest absolute Gasteiger partial charge is 0.326 e. The molecule has 1 aliphatic rings. The number of likely N-dealkylation sites (tertiary alicyclic amines) is 1. The van der Waals surface area contributed by atoms with E-state index >= 15 is 0 Å². The zero-order valence-corrected chi connectivity index (χ0v) is 12.2. The average molecular weight is 306 g/mol. The number of carbonyl (C=O) groups is 2. The third-order valence-electron chi connectivity index (χ3n) is 3.47. The minimum absolute atomic E-state index is 0.298. The molecule has 1 N–H and O–H groups in total. The molecule has 2 aromatic rings. The molecule has 1 amide bonds. The lowest BCUT2D eigenvalue weighted by Crippen LogP contribution is -2.40. The molecule has 21 heavy (non-hydrogen) atoms. The fourth-order valence-electron chi connectivity index (χ4n) is 2.45. The van der Waals surface area contributed by atoms with E-state index in [2.05, 4.69) is 10.1 Å². The summed E-state index contributed by atoms with van der Waals surface area (Å²) in [7, 11) is 1.81. The van der Waals surface area contributed by atoms with Crippen molar-refractivity contribution in [3.05, 3.63) is 23.5 Å². The van der Waals surface area contributed by atoms with Crippen LogP contribution in [0.2, 0.25) is 0 Å². The number of nitrogens with zero attached hydrogens (tertiary/aromatic N) is 4. The Kier molecular flexibility index (Phi) is 3.46. The second-order valence-corrected chi connectivity index (χ2v) is 5.79. The van der Waals surface area contributed by atoms with Crippen molar-refractivity contribution in [2.24, 2.45) is 7.05 Å². The van der Waals surface area contributed by atoms with Crippen LogP contribution in [0.5, 0.6) is 0 Å². The Morgan fingerprint density at radius 2 is 2.29 bits per heavy atom. The molecule has 1 atom stereocenters. The van der Waals surface area contributed by atoms with E-state index in [1.165, 1.54) is 16.2 Å². The number of carboxylic acid groups (broad SMARTS) is 1. The molecule has 1 saturated heterocycles. The summed E-state index contributed by atoms with van der Waals surface area (Å²) >= 11 is 1.35. The SMILES string of the molecule is Cn1cc(-c2nc(C(=O)N3CCC[C@H]3C(=O)O)cs2)cn1. The number of aliphatic carboxylic acids is 1. The van der Waals surface area contributed by atoms with Gasteiger partial charge < -0.3 is 10.0 Å². The summed E-state index contributed by atoms with van der Waals surface area (Å²) in [4.78, 5) is 29.3. The van der Waals surface area contributed by atoms with Gasteiger partial charge in [0, 0.05) is 30.7 Å². The highest BCUT2D eigenvalue weighted by Crippen LogP contribution is 2.26. The number of rotatable bonds is 3. The largest absolute Gasteiger partial charge is 0.480 e. The molecule has 0 unspecified atom stereocenters. The fourth-order valence-corrected chi connectivity index (χ4v) is 3.22. The van der Waals surface area contributed by atoms with Gasteiger partial charge in [-0.3, -0.25) is 9.48 Å². The summed E-state index contributed by atoms with van der Waals surface area (Å²) < 4.78 is 1.67. The summed E-state index contributed by atoms with van der Waals surface area (Å²) in [5.74, 6) is -1.27. The Hall–Kier alpha value is -2.22. The maximum absolute atomic E-state index is 12.4. The van der Waals surface area contributed by atoms with Crippen LogP contribution in [0.15, 0.2) is 17.8 Å². The van der Waals surface area contributed by atoms with Crippen LogP contribution in [0, 0.1) is 0 Å². The Balaban J connectivity index is 1.83. The van der Waals surface area contributed by atoms with Crippen LogP contribution in [0.4, 0.5) is 0 Å². The van der Waals surface area contributed by atoms with Gasteiger partial charge in [-0.25, -0.2) is 9.78 Å². The Labute approximate surface area is 124 Å². The number of aryl methyl sites for hydroxylation is 1.